The predicted octanol–water partition coefficient (Wildman–Crippen LogP) is 2.24. The van der Waals surface area contributed by atoms with Crippen LogP contribution in [0.1, 0.15) is 42.3 Å². The summed E-state index contributed by atoms with van der Waals surface area (Å²) in [5, 5.41) is 2.52. The molecule has 6 heteroatoms. The van der Waals surface area contributed by atoms with Gasteiger partial charge in [0.15, 0.2) is 0 Å². The van der Waals surface area contributed by atoms with E-state index in [0.29, 0.717) is 22.4 Å². The number of amides is 1. The molecular weight excluding hydrogens is 296 g/mol. The number of rotatable bonds is 2. The minimum Gasteiger partial charge on any atom is -0.465 e. The van der Waals surface area contributed by atoms with Gasteiger partial charge in [0.25, 0.3) is 0 Å². The molecule has 6 nitrogen and oxygen atoms in total. The molecule has 124 valence electrons. The van der Waals surface area contributed by atoms with E-state index in [0.717, 1.165) is 0 Å². The third kappa shape index (κ3) is 5.91. The van der Waals surface area contributed by atoms with Crippen LogP contribution in [0.3, 0.4) is 0 Å². The van der Waals surface area contributed by atoms with Crippen LogP contribution >= 0.6 is 0 Å². The molecule has 0 saturated carbocycles. The van der Waals surface area contributed by atoms with Crippen molar-refractivity contribution in [2.45, 2.75) is 33.3 Å². The Kier molecular flexibility index (Phi) is 6.02. The zero-order chi connectivity index (χ0) is 17.6. The fraction of sp³-hybridized carbons (Fsp3) is 0.412. The largest absolute Gasteiger partial charge is 0.465 e. The summed E-state index contributed by atoms with van der Waals surface area (Å²) >= 11 is 0. The maximum absolute atomic E-state index is 11.8. The van der Waals surface area contributed by atoms with E-state index >= 15 is 0 Å². The number of anilines is 1. The summed E-state index contributed by atoms with van der Waals surface area (Å²) in [5.41, 5.74) is 7.22. The molecule has 0 saturated heterocycles. The van der Waals surface area contributed by atoms with Crippen molar-refractivity contribution in [3.05, 3.63) is 28.8 Å². The molecule has 0 aliphatic heterocycles. The lowest BCUT2D eigenvalue weighted by atomic mass is 10.0. The minimum absolute atomic E-state index is 0.0867. The normalized spacial score (nSPS) is 10.3. The number of aryl methyl sites for hydroxylation is 1. The molecule has 0 aromatic heterocycles. The number of carbonyl (C=O) groups is 2. The number of benzene rings is 1. The van der Waals surface area contributed by atoms with E-state index in [9.17, 15) is 9.59 Å². The van der Waals surface area contributed by atoms with E-state index in [-0.39, 0.29) is 6.54 Å². The number of nitrogen functional groups attached to an aromatic ring is 1. The van der Waals surface area contributed by atoms with Crippen LogP contribution in [0.25, 0.3) is 0 Å². The van der Waals surface area contributed by atoms with E-state index < -0.39 is 17.7 Å². The molecule has 1 aromatic rings. The second-order valence-electron chi connectivity index (χ2n) is 5.91. The van der Waals surface area contributed by atoms with Gasteiger partial charge in [-0.15, -0.1) is 0 Å². The number of esters is 1. The number of carbonyl (C=O) groups excluding carboxylic acids is 2. The standard InChI is InChI=1S/C17H22N2O4/c1-11-9-13(18)10-12(14(11)15(20)22-5)7-6-8-19-16(21)23-17(2,3)4/h9-10H,8,18H2,1-5H3,(H,19,21). The number of ether oxygens (including phenoxy) is 2. The van der Waals surface area contributed by atoms with Gasteiger partial charge in [0.05, 0.1) is 19.2 Å². The van der Waals surface area contributed by atoms with Crippen LogP contribution in [0.2, 0.25) is 0 Å². The first-order valence-electron chi connectivity index (χ1n) is 7.08. The summed E-state index contributed by atoms with van der Waals surface area (Å²) in [6, 6.07) is 3.27. The van der Waals surface area contributed by atoms with Crippen LogP contribution in [0.5, 0.6) is 0 Å². The van der Waals surface area contributed by atoms with Crippen LogP contribution in [-0.2, 0) is 9.47 Å². The third-order valence-electron chi connectivity index (χ3n) is 2.69. The van der Waals surface area contributed by atoms with Gasteiger partial charge in [-0.1, -0.05) is 11.8 Å². The van der Waals surface area contributed by atoms with Gasteiger partial charge >= 0.3 is 12.1 Å². The molecule has 0 aliphatic carbocycles. The van der Waals surface area contributed by atoms with Gasteiger partial charge in [-0.05, 0) is 45.4 Å². The topological polar surface area (TPSA) is 90.6 Å². The molecule has 0 spiro atoms. The van der Waals surface area contributed by atoms with E-state index in [1.54, 1.807) is 39.8 Å². The van der Waals surface area contributed by atoms with E-state index in [4.69, 9.17) is 15.2 Å². The first kappa shape index (κ1) is 18.4. The zero-order valence-corrected chi connectivity index (χ0v) is 14.1. The number of hydrogen-bond donors (Lipinski definition) is 2. The number of nitrogens with one attached hydrogen (secondary N) is 1. The Hall–Kier alpha value is -2.68. The van der Waals surface area contributed by atoms with E-state index in [1.807, 2.05) is 0 Å². The lowest BCUT2D eigenvalue weighted by Gasteiger charge is -2.19. The van der Waals surface area contributed by atoms with Gasteiger partial charge in [0.1, 0.15) is 5.60 Å². The van der Waals surface area contributed by atoms with Crippen molar-refractivity contribution in [3.63, 3.8) is 0 Å². The van der Waals surface area contributed by atoms with Gasteiger partial charge < -0.3 is 20.5 Å². The number of alkyl carbamates (subject to hydrolysis) is 1. The quantitative estimate of drug-likeness (QED) is 0.496. The summed E-state index contributed by atoms with van der Waals surface area (Å²) < 4.78 is 9.86. The number of methoxy groups -OCH3 is 1. The van der Waals surface area contributed by atoms with Gasteiger partial charge in [-0.25, -0.2) is 9.59 Å². The summed E-state index contributed by atoms with van der Waals surface area (Å²) in [6.45, 7) is 7.17. The van der Waals surface area contributed by atoms with Crippen molar-refractivity contribution in [2.24, 2.45) is 0 Å². The Morgan fingerprint density at radius 1 is 1.30 bits per heavy atom. The fourth-order valence-corrected chi connectivity index (χ4v) is 1.86. The predicted molar refractivity (Wildman–Crippen MR) is 88.0 cm³/mol. The monoisotopic (exact) mass is 318 g/mol. The number of hydrogen-bond acceptors (Lipinski definition) is 5. The molecule has 0 atom stereocenters. The molecular formula is C17H22N2O4. The second kappa shape index (κ2) is 7.54. The van der Waals surface area contributed by atoms with Crippen LogP contribution in [0.15, 0.2) is 12.1 Å². The fourth-order valence-electron chi connectivity index (χ4n) is 1.86. The average Bonchev–Trinajstić information content (AvgIpc) is 2.40. The first-order valence-corrected chi connectivity index (χ1v) is 7.08. The summed E-state index contributed by atoms with van der Waals surface area (Å²) in [7, 11) is 1.30. The molecule has 3 N–H and O–H groups in total. The smallest absolute Gasteiger partial charge is 0.408 e. The molecule has 1 rings (SSSR count). The third-order valence-corrected chi connectivity index (χ3v) is 2.69. The highest BCUT2D eigenvalue weighted by Gasteiger charge is 2.16. The van der Waals surface area contributed by atoms with Crippen molar-refractivity contribution in [1.82, 2.24) is 5.32 Å². The minimum atomic E-state index is -0.569. The molecule has 0 radical (unpaired) electrons. The Morgan fingerprint density at radius 2 is 1.96 bits per heavy atom. The molecule has 0 unspecified atom stereocenters. The van der Waals surface area contributed by atoms with Crippen LogP contribution < -0.4 is 11.1 Å². The summed E-state index contributed by atoms with van der Waals surface area (Å²) in [5.74, 6) is 5.11. The lowest BCUT2D eigenvalue weighted by Crippen LogP contribution is -2.32. The van der Waals surface area contributed by atoms with E-state index in [2.05, 4.69) is 17.2 Å². The maximum Gasteiger partial charge on any atom is 0.408 e. The van der Waals surface area contributed by atoms with Gasteiger partial charge in [0.2, 0.25) is 0 Å². The zero-order valence-electron chi connectivity index (χ0n) is 14.1. The highest BCUT2D eigenvalue weighted by atomic mass is 16.6. The van der Waals surface area contributed by atoms with Crippen LogP contribution in [0.4, 0.5) is 10.5 Å². The molecule has 0 fully saturated rings. The molecule has 1 aromatic carbocycles. The summed E-state index contributed by atoms with van der Waals surface area (Å²) in [6.07, 6.45) is -0.552. The van der Waals surface area contributed by atoms with Crippen molar-refractivity contribution in [2.75, 3.05) is 19.4 Å². The molecule has 0 aliphatic rings. The molecule has 23 heavy (non-hydrogen) atoms. The molecule has 1 amide bonds. The Labute approximate surface area is 136 Å². The Balaban J connectivity index is 2.86. The highest BCUT2D eigenvalue weighted by Crippen LogP contribution is 2.19. The number of nitrogens with two attached hydrogens (primary N) is 1. The SMILES string of the molecule is COC(=O)c1c(C)cc(N)cc1C#CCNC(=O)OC(C)(C)C. The van der Waals surface area contributed by atoms with E-state index in [1.165, 1.54) is 7.11 Å². The Morgan fingerprint density at radius 3 is 2.52 bits per heavy atom. The van der Waals surface area contributed by atoms with Crippen molar-refractivity contribution in [1.29, 1.82) is 0 Å². The van der Waals surface area contributed by atoms with Gasteiger partial charge in [-0.2, -0.15) is 0 Å². The molecule has 0 heterocycles. The average molecular weight is 318 g/mol. The van der Waals surface area contributed by atoms with Gasteiger partial charge in [0, 0.05) is 11.3 Å². The van der Waals surface area contributed by atoms with Crippen LogP contribution in [-0.4, -0.2) is 31.3 Å². The van der Waals surface area contributed by atoms with Crippen molar-refractivity contribution >= 4 is 17.7 Å². The van der Waals surface area contributed by atoms with Gasteiger partial charge in [-0.3, -0.25) is 0 Å². The Bertz CT molecular complexity index is 664. The lowest BCUT2D eigenvalue weighted by molar-refractivity contribution is 0.0533. The molecule has 0 bridgehead atoms. The van der Waals surface area contributed by atoms with Crippen LogP contribution in [0, 0.1) is 18.8 Å². The maximum atomic E-state index is 11.8. The second-order valence-corrected chi connectivity index (χ2v) is 5.91. The van der Waals surface area contributed by atoms with Crippen molar-refractivity contribution in [3.8, 4) is 11.8 Å². The highest BCUT2D eigenvalue weighted by molar-refractivity contribution is 5.94. The first-order chi connectivity index (χ1) is 10.6. The summed E-state index contributed by atoms with van der Waals surface area (Å²) in [4.78, 5) is 23.3. The van der Waals surface area contributed by atoms with Crippen molar-refractivity contribution < 1.29 is 19.1 Å².